The molecule has 0 saturated heterocycles. The van der Waals surface area contributed by atoms with Crippen molar-refractivity contribution in [2.45, 2.75) is 65.8 Å². The lowest BCUT2D eigenvalue weighted by Crippen LogP contribution is -2.41. The molecule has 0 heterocycles. The predicted molar refractivity (Wildman–Crippen MR) is 85.0 cm³/mol. The van der Waals surface area contributed by atoms with Crippen molar-refractivity contribution in [2.75, 3.05) is 32.8 Å². The SMILES string of the molecule is CCCCN(CCCC)CCC(NCC)C(=O)OCC. The minimum atomic E-state index is -0.161. The van der Waals surface area contributed by atoms with E-state index < -0.39 is 0 Å². The van der Waals surface area contributed by atoms with E-state index in [1.165, 1.54) is 25.7 Å². The third-order valence-electron chi connectivity index (χ3n) is 3.41. The summed E-state index contributed by atoms with van der Waals surface area (Å²) in [5, 5.41) is 3.23. The Balaban J connectivity index is 4.24. The molecule has 0 aromatic carbocycles. The smallest absolute Gasteiger partial charge is 0.323 e. The Kier molecular flexibility index (Phi) is 13.0. The molecule has 1 unspecified atom stereocenters. The molecule has 0 rings (SSSR count). The third kappa shape index (κ3) is 9.32. The fourth-order valence-electron chi connectivity index (χ4n) is 2.20. The van der Waals surface area contributed by atoms with E-state index in [0.29, 0.717) is 6.61 Å². The van der Waals surface area contributed by atoms with Gasteiger partial charge in [-0.05, 0) is 45.8 Å². The maximum absolute atomic E-state index is 11.9. The Hall–Kier alpha value is -0.610. The Morgan fingerprint density at radius 1 is 1.05 bits per heavy atom. The van der Waals surface area contributed by atoms with Crippen LogP contribution < -0.4 is 5.32 Å². The minimum absolute atomic E-state index is 0.111. The second-order valence-corrected chi connectivity index (χ2v) is 5.20. The molecular formula is C16H34N2O2. The number of nitrogens with zero attached hydrogens (tertiary/aromatic N) is 1. The average Bonchev–Trinajstić information content (AvgIpc) is 2.45. The van der Waals surface area contributed by atoms with E-state index in [4.69, 9.17) is 4.74 Å². The number of esters is 1. The zero-order chi connectivity index (χ0) is 15.2. The molecule has 0 amide bonds. The summed E-state index contributed by atoms with van der Waals surface area (Å²) < 4.78 is 5.13. The maximum atomic E-state index is 11.9. The van der Waals surface area contributed by atoms with Crippen molar-refractivity contribution < 1.29 is 9.53 Å². The number of hydrogen-bond donors (Lipinski definition) is 1. The van der Waals surface area contributed by atoms with Gasteiger partial charge in [-0.25, -0.2) is 0 Å². The molecule has 20 heavy (non-hydrogen) atoms. The fraction of sp³-hybridized carbons (Fsp3) is 0.938. The molecule has 0 radical (unpaired) electrons. The molecule has 4 nitrogen and oxygen atoms in total. The molecule has 0 aliphatic heterocycles. The van der Waals surface area contributed by atoms with Gasteiger partial charge in [-0.2, -0.15) is 0 Å². The lowest BCUT2D eigenvalue weighted by molar-refractivity contribution is -0.145. The van der Waals surface area contributed by atoms with Gasteiger partial charge >= 0.3 is 5.97 Å². The molecule has 0 aliphatic rings. The van der Waals surface area contributed by atoms with Crippen LogP contribution in [-0.2, 0) is 9.53 Å². The van der Waals surface area contributed by atoms with Crippen molar-refractivity contribution in [2.24, 2.45) is 0 Å². The van der Waals surface area contributed by atoms with E-state index in [0.717, 1.165) is 32.6 Å². The van der Waals surface area contributed by atoms with Crippen LogP contribution in [0, 0.1) is 0 Å². The van der Waals surface area contributed by atoms with Gasteiger partial charge in [0.1, 0.15) is 6.04 Å². The number of ether oxygens (including phenoxy) is 1. The first kappa shape index (κ1) is 19.4. The van der Waals surface area contributed by atoms with Gasteiger partial charge in [0.05, 0.1) is 6.61 Å². The van der Waals surface area contributed by atoms with Crippen LogP contribution in [0.1, 0.15) is 59.8 Å². The number of hydrogen-bond acceptors (Lipinski definition) is 4. The van der Waals surface area contributed by atoms with E-state index >= 15 is 0 Å². The van der Waals surface area contributed by atoms with Crippen LogP contribution in [0.3, 0.4) is 0 Å². The Morgan fingerprint density at radius 2 is 1.65 bits per heavy atom. The van der Waals surface area contributed by atoms with E-state index in [9.17, 15) is 4.79 Å². The standard InChI is InChI=1S/C16H34N2O2/c1-5-9-12-18(13-10-6-2)14-11-15(17-7-3)16(19)20-8-4/h15,17H,5-14H2,1-4H3. The van der Waals surface area contributed by atoms with Crippen molar-refractivity contribution in [1.29, 1.82) is 0 Å². The number of unbranched alkanes of at least 4 members (excludes halogenated alkanes) is 2. The van der Waals surface area contributed by atoms with Crippen LogP contribution in [0.2, 0.25) is 0 Å². The molecule has 1 N–H and O–H groups in total. The summed E-state index contributed by atoms with van der Waals surface area (Å²) in [6.45, 7) is 12.8. The summed E-state index contributed by atoms with van der Waals surface area (Å²) >= 11 is 0. The predicted octanol–water partition coefficient (Wildman–Crippen LogP) is 2.82. The average molecular weight is 286 g/mol. The van der Waals surface area contributed by atoms with Crippen LogP contribution in [-0.4, -0.2) is 49.7 Å². The minimum Gasteiger partial charge on any atom is -0.465 e. The highest BCUT2D eigenvalue weighted by Crippen LogP contribution is 2.04. The van der Waals surface area contributed by atoms with E-state index in [2.05, 4.69) is 24.1 Å². The molecule has 1 atom stereocenters. The maximum Gasteiger partial charge on any atom is 0.323 e. The largest absolute Gasteiger partial charge is 0.465 e. The van der Waals surface area contributed by atoms with Crippen molar-refractivity contribution in [3.8, 4) is 0 Å². The molecule has 0 aromatic heterocycles. The van der Waals surface area contributed by atoms with Gasteiger partial charge in [-0.1, -0.05) is 33.6 Å². The lowest BCUT2D eigenvalue weighted by Gasteiger charge is -2.24. The summed E-state index contributed by atoms with van der Waals surface area (Å²) in [6, 6.07) is -0.161. The molecule has 0 bridgehead atoms. The Morgan fingerprint density at radius 3 is 2.10 bits per heavy atom. The number of likely N-dealkylation sites (N-methyl/N-ethyl adjacent to an activating group) is 1. The second kappa shape index (κ2) is 13.4. The monoisotopic (exact) mass is 286 g/mol. The quantitative estimate of drug-likeness (QED) is 0.529. The highest BCUT2D eigenvalue weighted by Gasteiger charge is 2.19. The van der Waals surface area contributed by atoms with Gasteiger partial charge in [-0.15, -0.1) is 0 Å². The van der Waals surface area contributed by atoms with Crippen LogP contribution in [0.15, 0.2) is 0 Å². The summed E-state index contributed by atoms with van der Waals surface area (Å²) in [5.74, 6) is -0.111. The second-order valence-electron chi connectivity index (χ2n) is 5.20. The topological polar surface area (TPSA) is 41.6 Å². The van der Waals surface area contributed by atoms with Crippen LogP contribution in [0.4, 0.5) is 0 Å². The summed E-state index contributed by atoms with van der Waals surface area (Å²) in [6.07, 6.45) is 5.73. The van der Waals surface area contributed by atoms with Crippen molar-refractivity contribution in [3.05, 3.63) is 0 Å². The molecule has 0 aromatic rings. The molecule has 0 saturated carbocycles. The highest BCUT2D eigenvalue weighted by molar-refractivity contribution is 5.75. The fourth-order valence-corrected chi connectivity index (χ4v) is 2.20. The van der Waals surface area contributed by atoms with Gasteiger partial charge in [-0.3, -0.25) is 4.79 Å². The summed E-state index contributed by atoms with van der Waals surface area (Å²) in [7, 11) is 0. The van der Waals surface area contributed by atoms with Gasteiger partial charge < -0.3 is 15.0 Å². The van der Waals surface area contributed by atoms with Crippen molar-refractivity contribution in [3.63, 3.8) is 0 Å². The number of carbonyl (C=O) groups is 1. The molecule has 0 spiro atoms. The number of rotatable bonds is 13. The lowest BCUT2D eigenvalue weighted by atomic mass is 10.1. The Labute approximate surface area is 125 Å². The Bertz CT molecular complexity index is 227. The molecule has 0 aliphatic carbocycles. The summed E-state index contributed by atoms with van der Waals surface area (Å²) in [4.78, 5) is 14.4. The van der Waals surface area contributed by atoms with Crippen LogP contribution in [0.5, 0.6) is 0 Å². The van der Waals surface area contributed by atoms with E-state index in [1.807, 2.05) is 13.8 Å². The number of nitrogens with one attached hydrogen (secondary N) is 1. The molecular weight excluding hydrogens is 252 g/mol. The van der Waals surface area contributed by atoms with Crippen LogP contribution in [0.25, 0.3) is 0 Å². The van der Waals surface area contributed by atoms with Crippen molar-refractivity contribution in [1.82, 2.24) is 10.2 Å². The first-order chi connectivity index (χ1) is 9.69. The van der Waals surface area contributed by atoms with Gasteiger partial charge in [0, 0.05) is 6.54 Å². The van der Waals surface area contributed by atoms with E-state index in [1.54, 1.807) is 0 Å². The first-order valence-electron chi connectivity index (χ1n) is 8.31. The first-order valence-corrected chi connectivity index (χ1v) is 8.31. The zero-order valence-electron chi connectivity index (χ0n) is 13.9. The van der Waals surface area contributed by atoms with Crippen molar-refractivity contribution >= 4 is 5.97 Å². The molecule has 4 heteroatoms. The summed E-state index contributed by atoms with van der Waals surface area (Å²) in [5.41, 5.74) is 0. The number of carbonyl (C=O) groups excluding carboxylic acids is 1. The third-order valence-corrected chi connectivity index (χ3v) is 3.41. The normalized spacial score (nSPS) is 12.7. The van der Waals surface area contributed by atoms with Gasteiger partial charge in [0.25, 0.3) is 0 Å². The van der Waals surface area contributed by atoms with E-state index in [-0.39, 0.29) is 12.0 Å². The van der Waals surface area contributed by atoms with Gasteiger partial charge in [0.2, 0.25) is 0 Å². The molecule has 0 fully saturated rings. The zero-order valence-corrected chi connectivity index (χ0v) is 13.9. The highest BCUT2D eigenvalue weighted by atomic mass is 16.5. The van der Waals surface area contributed by atoms with Gasteiger partial charge in [0.15, 0.2) is 0 Å². The van der Waals surface area contributed by atoms with Crippen LogP contribution >= 0.6 is 0 Å². The molecule has 120 valence electrons.